The second-order valence-corrected chi connectivity index (χ2v) is 6.54. The van der Waals surface area contributed by atoms with Crippen LogP contribution in [0.2, 0.25) is 0 Å². The van der Waals surface area contributed by atoms with Crippen LogP contribution >= 0.6 is 0 Å². The van der Waals surface area contributed by atoms with Gasteiger partial charge in [-0.25, -0.2) is 0 Å². The number of non-ortho nitro benzene ring substituents is 1. The largest absolute Gasteiger partial charge is 0.493 e. The first-order valence-electron chi connectivity index (χ1n) is 9.22. The lowest BCUT2D eigenvalue weighted by Gasteiger charge is -2.11. The third-order valence-electron chi connectivity index (χ3n) is 4.39. The standard InChI is InChI=1S/C22H17N3O7/c1-14(26)16-4-6-17(7-5-16)23-13-15-3-9-21(22(11-15)31-2)32-20-10-8-18(24(27)28)12-19(20)25(29)30/h3-13H,1-2H3. The summed E-state index contributed by atoms with van der Waals surface area (Å²) in [5, 5.41) is 22.2. The van der Waals surface area contributed by atoms with Crippen molar-refractivity contribution in [3.8, 4) is 17.2 Å². The Bertz CT molecular complexity index is 1220. The highest BCUT2D eigenvalue weighted by Gasteiger charge is 2.22. The minimum Gasteiger partial charge on any atom is -0.493 e. The monoisotopic (exact) mass is 435 g/mol. The van der Waals surface area contributed by atoms with E-state index in [1.165, 1.54) is 14.0 Å². The van der Waals surface area contributed by atoms with E-state index in [-0.39, 0.29) is 23.0 Å². The van der Waals surface area contributed by atoms with Gasteiger partial charge in [-0.3, -0.25) is 30.0 Å². The van der Waals surface area contributed by atoms with Crippen molar-refractivity contribution in [2.24, 2.45) is 4.99 Å². The zero-order valence-corrected chi connectivity index (χ0v) is 17.1. The number of hydrogen-bond acceptors (Lipinski definition) is 8. The molecule has 0 saturated heterocycles. The number of ether oxygens (including phenoxy) is 2. The van der Waals surface area contributed by atoms with Crippen LogP contribution in [0.5, 0.6) is 17.2 Å². The van der Waals surface area contributed by atoms with Crippen LogP contribution in [-0.4, -0.2) is 29.0 Å². The Kier molecular flexibility index (Phi) is 6.54. The highest BCUT2D eigenvalue weighted by molar-refractivity contribution is 5.94. The van der Waals surface area contributed by atoms with Crippen LogP contribution in [0, 0.1) is 20.2 Å². The van der Waals surface area contributed by atoms with Crippen LogP contribution in [0.25, 0.3) is 0 Å². The first-order chi connectivity index (χ1) is 15.3. The number of nitro benzene ring substituents is 2. The van der Waals surface area contributed by atoms with Crippen LogP contribution in [0.3, 0.4) is 0 Å². The molecule has 0 aliphatic heterocycles. The number of carbonyl (C=O) groups excluding carboxylic acids is 1. The number of nitro groups is 2. The van der Waals surface area contributed by atoms with Gasteiger partial charge in [0, 0.05) is 17.8 Å². The molecule has 0 saturated carbocycles. The van der Waals surface area contributed by atoms with E-state index in [1.54, 1.807) is 48.7 Å². The van der Waals surface area contributed by atoms with E-state index in [0.717, 1.165) is 18.2 Å². The predicted octanol–water partition coefficient (Wildman–Crippen LogP) is 5.26. The third-order valence-corrected chi connectivity index (χ3v) is 4.39. The Morgan fingerprint density at radius 1 is 0.906 bits per heavy atom. The highest BCUT2D eigenvalue weighted by atomic mass is 16.6. The molecule has 0 aromatic heterocycles. The van der Waals surface area contributed by atoms with Gasteiger partial charge >= 0.3 is 5.69 Å². The maximum Gasteiger partial charge on any atom is 0.318 e. The highest BCUT2D eigenvalue weighted by Crippen LogP contribution is 2.38. The van der Waals surface area contributed by atoms with Crippen molar-refractivity contribution in [2.75, 3.05) is 7.11 Å². The van der Waals surface area contributed by atoms with Gasteiger partial charge in [-0.2, -0.15) is 0 Å². The quantitative estimate of drug-likeness (QED) is 0.204. The number of nitrogens with zero attached hydrogens (tertiary/aromatic N) is 3. The number of hydrogen-bond donors (Lipinski definition) is 0. The second-order valence-electron chi connectivity index (χ2n) is 6.54. The fourth-order valence-electron chi connectivity index (χ4n) is 2.75. The van der Waals surface area contributed by atoms with Gasteiger partial charge in [-0.1, -0.05) is 0 Å². The van der Waals surface area contributed by atoms with E-state index < -0.39 is 21.2 Å². The van der Waals surface area contributed by atoms with E-state index in [1.807, 2.05) is 0 Å². The molecule has 0 fully saturated rings. The number of rotatable bonds is 8. The van der Waals surface area contributed by atoms with E-state index >= 15 is 0 Å². The summed E-state index contributed by atoms with van der Waals surface area (Å²) in [6, 6.07) is 14.8. The molecule has 32 heavy (non-hydrogen) atoms. The average molecular weight is 435 g/mol. The van der Waals surface area contributed by atoms with Gasteiger partial charge < -0.3 is 9.47 Å². The van der Waals surface area contributed by atoms with E-state index in [0.29, 0.717) is 16.8 Å². The number of Topliss-reactive ketones (excluding diaryl/α,β-unsaturated/α-hetero) is 1. The molecule has 3 rings (SSSR count). The summed E-state index contributed by atoms with van der Waals surface area (Å²) in [6.07, 6.45) is 1.59. The van der Waals surface area contributed by atoms with Gasteiger partial charge in [0.15, 0.2) is 17.3 Å². The molecule has 3 aromatic rings. The van der Waals surface area contributed by atoms with Crippen molar-refractivity contribution in [1.82, 2.24) is 0 Å². The topological polar surface area (TPSA) is 134 Å². The van der Waals surface area contributed by atoms with Crippen LogP contribution in [0.1, 0.15) is 22.8 Å². The molecular weight excluding hydrogens is 418 g/mol. The van der Waals surface area contributed by atoms with Crippen molar-refractivity contribution in [3.05, 3.63) is 92.0 Å². The summed E-state index contributed by atoms with van der Waals surface area (Å²) in [5.74, 6) is 0.279. The van der Waals surface area contributed by atoms with Crippen LogP contribution in [-0.2, 0) is 0 Å². The Hall–Kier alpha value is -4.60. The number of benzene rings is 3. The lowest BCUT2D eigenvalue weighted by Crippen LogP contribution is -1.97. The van der Waals surface area contributed by atoms with E-state index in [2.05, 4.69) is 4.99 Å². The fourth-order valence-corrected chi connectivity index (χ4v) is 2.75. The van der Waals surface area contributed by atoms with E-state index in [4.69, 9.17) is 9.47 Å². The SMILES string of the molecule is COc1cc(C=Nc2ccc(C(C)=O)cc2)ccc1Oc1ccc([N+](=O)[O-])cc1[N+](=O)[O-]. The van der Waals surface area contributed by atoms with Crippen LogP contribution in [0.4, 0.5) is 17.1 Å². The van der Waals surface area contributed by atoms with Crippen molar-refractivity contribution in [3.63, 3.8) is 0 Å². The Morgan fingerprint density at radius 2 is 1.59 bits per heavy atom. The molecule has 0 aliphatic carbocycles. The summed E-state index contributed by atoms with van der Waals surface area (Å²) in [7, 11) is 1.41. The van der Waals surface area contributed by atoms with Gasteiger partial charge in [0.05, 0.1) is 28.7 Å². The summed E-state index contributed by atoms with van der Waals surface area (Å²) in [6.45, 7) is 1.49. The molecule has 0 N–H and O–H groups in total. The summed E-state index contributed by atoms with van der Waals surface area (Å²) < 4.78 is 10.9. The van der Waals surface area contributed by atoms with Gasteiger partial charge in [0.2, 0.25) is 5.75 Å². The summed E-state index contributed by atoms with van der Waals surface area (Å²) in [4.78, 5) is 36.4. The van der Waals surface area contributed by atoms with Gasteiger partial charge in [0.25, 0.3) is 5.69 Å². The number of aliphatic imine (C=N–C) groups is 1. The Morgan fingerprint density at radius 3 is 2.19 bits per heavy atom. The van der Waals surface area contributed by atoms with Crippen LogP contribution in [0.15, 0.2) is 65.7 Å². The zero-order valence-electron chi connectivity index (χ0n) is 17.1. The van der Waals surface area contributed by atoms with Crippen LogP contribution < -0.4 is 9.47 Å². The molecule has 0 spiro atoms. The van der Waals surface area contributed by atoms with Crippen molar-refractivity contribution in [1.29, 1.82) is 0 Å². The number of methoxy groups -OCH3 is 1. The lowest BCUT2D eigenvalue weighted by molar-refractivity contribution is -0.394. The molecule has 0 heterocycles. The molecule has 0 radical (unpaired) electrons. The Labute approximate surface area is 182 Å². The van der Waals surface area contributed by atoms with Crippen molar-refractivity contribution >= 4 is 29.1 Å². The smallest absolute Gasteiger partial charge is 0.318 e. The van der Waals surface area contributed by atoms with Gasteiger partial charge in [0.1, 0.15) is 0 Å². The average Bonchev–Trinajstić information content (AvgIpc) is 2.78. The van der Waals surface area contributed by atoms with Gasteiger partial charge in [-0.15, -0.1) is 0 Å². The maximum atomic E-state index is 11.3. The molecular formula is C22H17N3O7. The predicted molar refractivity (Wildman–Crippen MR) is 117 cm³/mol. The first-order valence-corrected chi connectivity index (χ1v) is 9.22. The molecule has 0 amide bonds. The number of carbonyl (C=O) groups is 1. The minimum atomic E-state index is -0.757. The lowest BCUT2D eigenvalue weighted by atomic mass is 10.1. The normalized spacial score (nSPS) is 10.7. The molecule has 0 atom stereocenters. The molecule has 0 aliphatic rings. The molecule has 0 unspecified atom stereocenters. The summed E-state index contributed by atoms with van der Waals surface area (Å²) in [5.41, 5.74) is 0.950. The molecule has 0 bridgehead atoms. The summed E-state index contributed by atoms with van der Waals surface area (Å²) >= 11 is 0. The van der Waals surface area contributed by atoms with E-state index in [9.17, 15) is 25.0 Å². The molecule has 10 nitrogen and oxygen atoms in total. The maximum absolute atomic E-state index is 11.3. The molecule has 162 valence electrons. The minimum absolute atomic E-state index is 0.0332. The second kappa shape index (κ2) is 9.47. The first kappa shape index (κ1) is 22.1. The zero-order chi connectivity index (χ0) is 23.3. The molecule has 3 aromatic carbocycles. The fraction of sp³-hybridized carbons (Fsp3) is 0.0909. The molecule has 10 heteroatoms. The number of ketones is 1. The van der Waals surface area contributed by atoms with Crippen molar-refractivity contribution in [2.45, 2.75) is 6.92 Å². The third kappa shape index (κ3) is 5.11. The Balaban J connectivity index is 1.85. The van der Waals surface area contributed by atoms with Crippen molar-refractivity contribution < 1.29 is 24.1 Å². The van der Waals surface area contributed by atoms with Gasteiger partial charge in [-0.05, 0) is 61.0 Å².